The van der Waals surface area contributed by atoms with Crippen LogP contribution in [-0.4, -0.2) is 53.9 Å². The number of hydrogen-bond acceptors (Lipinski definition) is 4. The minimum Gasteiger partial charge on any atom is -0.478 e. The maximum Gasteiger partial charge on any atom is 0.335 e. The first kappa shape index (κ1) is 15.9. The number of morpholine rings is 1. The smallest absolute Gasteiger partial charge is 0.335 e. The van der Waals surface area contributed by atoms with Gasteiger partial charge in [-0.1, -0.05) is 0 Å². The Balaban J connectivity index is 1.67. The van der Waals surface area contributed by atoms with E-state index in [4.69, 9.17) is 9.84 Å². The van der Waals surface area contributed by atoms with Gasteiger partial charge in [-0.15, -0.1) is 11.8 Å². The topological polar surface area (TPSA) is 66.8 Å². The number of hydrogen-bond donors (Lipinski definition) is 1. The summed E-state index contributed by atoms with van der Waals surface area (Å²) < 4.78 is 5.22. The monoisotopic (exact) mass is 309 g/mol. The minimum absolute atomic E-state index is 0.195. The molecule has 1 aromatic carbocycles. The molecule has 0 bridgehead atoms. The highest BCUT2D eigenvalue weighted by atomic mass is 32.2. The zero-order valence-corrected chi connectivity index (χ0v) is 12.6. The molecular formula is C15H19NO4S. The lowest BCUT2D eigenvalue weighted by atomic mass is 10.2. The molecule has 1 N–H and O–H groups in total. The van der Waals surface area contributed by atoms with Gasteiger partial charge in [0, 0.05) is 24.4 Å². The average molecular weight is 309 g/mol. The molecule has 1 heterocycles. The van der Waals surface area contributed by atoms with Crippen molar-refractivity contribution >= 4 is 23.6 Å². The van der Waals surface area contributed by atoms with Gasteiger partial charge in [0.1, 0.15) is 0 Å². The van der Waals surface area contributed by atoms with Crippen molar-refractivity contribution in [1.29, 1.82) is 0 Å². The molecule has 1 saturated heterocycles. The van der Waals surface area contributed by atoms with E-state index in [9.17, 15) is 9.59 Å². The van der Waals surface area contributed by atoms with E-state index in [1.807, 2.05) is 4.90 Å². The maximum absolute atomic E-state index is 11.9. The van der Waals surface area contributed by atoms with Crippen LogP contribution in [0.2, 0.25) is 0 Å². The Morgan fingerprint density at radius 3 is 2.48 bits per heavy atom. The van der Waals surface area contributed by atoms with E-state index in [0.717, 1.165) is 17.1 Å². The molecule has 1 aliphatic heterocycles. The molecule has 21 heavy (non-hydrogen) atoms. The fraction of sp³-hybridized carbons (Fsp3) is 0.467. The third kappa shape index (κ3) is 5.06. The molecule has 0 radical (unpaired) electrons. The summed E-state index contributed by atoms with van der Waals surface area (Å²) in [6, 6.07) is 6.81. The fourth-order valence-corrected chi connectivity index (χ4v) is 2.93. The van der Waals surface area contributed by atoms with Crippen molar-refractivity contribution in [2.45, 2.75) is 17.7 Å². The predicted octanol–water partition coefficient (Wildman–Crippen LogP) is 2.12. The summed E-state index contributed by atoms with van der Waals surface area (Å²) >= 11 is 1.64. The standard InChI is InChI=1S/C15H19NO4S/c17-14(16-7-9-20-10-8-16)2-1-11-21-13-5-3-12(4-6-13)15(18)19/h3-6H,1-2,7-11H2,(H,18,19). The molecule has 1 fully saturated rings. The first-order valence-corrected chi connectivity index (χ1v) is 7.97. The average Bonchev–Trinajstić information content (AvgIpc) is 2.52. The van der Waals surface area contributed by atoms with Crippen molar-refractivity contribution in [3.8, 4) is 0 Å². The number of thioether (sulfide) groups is 1. The van der Waals surface area contributed by atoms with Crippen LogP contribution in [0.25, 0.3) is 0 Å². The predicted molar refractivity (Wildman–Crippen MR) is 80.8 cm³/mol. The summed E-state index contributed by atoms with van der Waals surface area (Å²) in [5, 5.41) is 8.82. The lowest BCUT2D eigenvalue weighted by Gasteiger charge is -2.26. The lowest BCUT2D eigenvalue weighted by Crippen LogP contribution is -2.40. The van der Waals surface area contributed by atoms with Crippen molar-refractivity contribution in [3.05, 3.63) is 29.8 Å². The molecule has 1 aliphatic rings. The van der Waals surface area contributed by atoms with Crippen molar-refractivity contribution in [2.24, 2.45) is 0 Å². The van der Waals surface area contributed by atoms with E-state index in [-0.39, 0.29) is 5.91 Å². The van der Waals surface area contributed by atoms with Gasteiger partial charge in [0.05, 0.1) is 18.8 Å². The molecule has 114 valence electrons. The summed E-state index contributed by atoms with van der Waals surface area (Å²) in [6.45, 7) is 2.66. The number of aromatic carboxylic acids is 1. The summed E-state index contributed by atoms with van der Waals surface area (Å²) in [5.41, 5.74) is 0.293. The largest absolute Gasteiger partial charge is 0.478 e. The molecule has 6 heteroatoms. The van der Waals surface area contributed by atoms with Crippen molar-refractivity contribution in [2.75, 3.05) is 32.1 Å². The summed E-state index contributed by atoms with van der Waals surface area (Å²) in [4.78, 5) is 25.5. The Morgan fingerprint density at radius 2 is 1.86 bits per heavy atom. The highest BCUT2D eigenvalue weighted by Gasteiger charge is 2.15. The number of carbonyl (C=O) groups is 2. The molecule has 0 aliphatic carbocycles. The van der Waals surface area contributed by atoms with Crippen LogP contribution in [0.1, 0.15) is 23.2 Å². The SMILES string of the molecule is O=C(O)c1ccc(SCCCC(=O)N2CCOCC2)cc1. The van der Waals surface area contributed by atoms with Crippen LogP contribution in [-0.2, 0) is 9.53 Å². The highest BCUT2D eigenvalue weighted by Crippen LogP contribution is 2.20. The first-order valence-electron chi connectivity index (χ1n) is 6.98. The number of carboxylic acids is 1. The van der Waals surface area contributed by atoms with Gasteiger partial charge in [-0.25, -0.2) is 4.79 Å². The van der Waals surface area contributed by atoms with Crippen LogP contribution in [0, 0.1) is 0 Å². The number of benzene rings is 1. The zero-order valence-electron chi connectivity index (χ0n) is 11.8. The number of nitrogens with zero attached hydrogens (tertiary/aromatic N) is 1. The molecule has 5 nitrogen and oxygen atoms in total. The molecule has 0 aromatic heterocycles. The van der Waals surface area contributed by atoms with Crippen LogP contribution in [0.3, 0.4) is 0 Å². The van der Waals surface area contributed by atoms with Gasteiger partial charge in [0.15, 0.2) is 0 Å². The van der Waals surface area contributed by atoms with Crippen LogP contribution < -0.4 is 0 Å². The second kappa shape index (κ2) is 8.05. The molecule has 2 rings (SSSR count). The van der Waals surface area contributed by atoms with Crippen LogP contribution in [0.4, 0.5) is 0 Å². The van der Waals surface area contributed by atoms with E-state index < -0.39 is 5.97 Å². The number of carboxylic acid groups (broad SMARTS) is 1. The molecule has 0 atom stereocenters. The first-order chi connectivity index (χ1) is 10.2. The fourth-order valence-electron chi connectivity index (χ4n) is 2.08. The number of carbonyl (C=O) groups excluding carboxylic acids is 1. The summed E-state index contributed by atoms with van der Waals surface area (Å²) in [5.74, 6) is 0.130. The summed E-state index contributed by atoms with van der Waals surface area (Å²) in [7, 11) is 0. The second-order valence-corrected chi connectivity index (χ2v) is 5.94. The minimum atomic E-state index is -0.914. The molecule has 0 unspecified atom stereocenters. The normalized spacial score (nSPS) is 15.0. The van der Waals surface area contributed by atoms with Crippen LogP contribution in [0.5, 0.6) is 0 Å². The van der Waals surface area contributed by atoms with Crippen LogP contribution >= 0.6 is 11.8 Å². The zero-order chi connectivity index (χ0) is 15.1. The highest BCUT2D eigenvalue weighted by molar-refractivity contribution is 7.99. The van der Waals surface area contributed by atoms with E-state index in [2.05, 4.69) is 0 Å². The van der Waals surface area contributed by atoms with Gasteiger partial charge < -0.3 is 14.7 Å². The third-order valence-electron chi connectivity index (χ3n) is 3.27. The van der Waals surface area contributed by atoms with Gasteiger partial charge >= 0.3 is 5.97 Å². The molecule has 1 amide bonds. The molecular weight excluding hydrogens is 290 g/mol. The Kier molecular flexibility index (Phi) is 6.07. The van der Waals surface area contributed by atoms with Gasteiger partial charge in [0.25, 0.3) is 0 Å². The van der Waals surface area contributed by atoms with Crippen molar-refractivity contribution < 1.29 is 19.4 Å². The Morgan fingerprint density at radius 1 is 1.19 bits per heavy atom. The van der Waals surface area contributed by atoms with Crippen molar-refractivity contribution in [3.63, 3.8) is 0 Å². The van der Waals surface area contributed by atoms with E-state index in [1.54, 1.807) is 36.0 Å². The second-order valence-electron chi connectivity index (χ2n) is 4.77. The quantitative estimate of drug-likeness (QED) is 0.644. The van der Waals surface area contributed by atoms with Crippen molar-refractivity contribution in [1.82, 2.24) is 4.90 Å². The van der Waals surface area contributed by atoms with Gasteiger partial charge in [0.2, 0.25) is 5.91 Å². The molecule has 0 saturated carbocycles. The van der Waals surface area contributed by atoms with E-state index >= 15 is 0 Å². The van der Waals surface area contributed by atoms with Gasteiger partial charge in [-0.05, 0) is 36.4 Å². The van der Waals surface area contributed by atoms with Crippen LogP contribution in [0.15, 0.2) is 29.2 Å². The van der Waals surface area contributed by atoms with Gasteiger partial charge in [-0.2, -0.15) is 0 Å². The van der Waals surface area contributed by atoms with E-state index in [0.29, 0.717) is 38.3 Å². The van der Waals surface area contributed by atoms with Gasteiger partial charge in [-0.3, -0.25) is 4.79 Å². The third-order valence-corrected chi connectivity index (χ3v) is 4.37. The Hall–Kier alpha value is -1.53. The Labute approximate surface area is 128 Å². The summed E-state index contributed by atoms with van der Waals surface area (Å²) in [6.07, 6.45) is 1.38. The maximum atomic E-state index is 11.9. The molecule has 0 spiro atoms. The van der Waals surface area contributed by atoms with E-state index in [1.165, 1.54) is 0 Å². The Bertz CT molecular complexity index is 483. The number of rotatable bonds is 6. The number of ether oxygens (including phenoxy) is 1. The lowest BCUT2D eigenvalue weighted by molar-refractivity contribution is -0.135. The number of amides is 1. The molecule has 1 aromatic rings.